The zero-order chi connectivity index (χ0) is 14.6. The minimum Gasteiger partial charge on any atom is -0.0985 e. The van der Waals surface area contributed by atoms with Crippen LogP contribution in [0.5, 0.6) is 0 Å². The van der Waals surface area contributed by atoms with E-state index in [0.717, 1.165) is 5.56 Å². The number of rotatable bonds is 3. The Bertz CT molecular complexity index is 590. The Labute approximate surface area is 122 Å². The molecule has 0 saturated heterocycles. The Kier molecular flexibility index (Phi) is 4.24. The molecule has 0 saturated carbocycles. The zero-order valence-corrected chi connectivity index (χ0v) is 12.6. The van der Waals surface area contributed by atoms with Gasteiger partial charge < -0.3 is 0 Å². The molecule has 0 atom stereocenters. The number of allylic oxidation sites excluding steroid dienone is 1. The van der Waals surface area contributed by atoms with Crippen molar-refractivity contribution in [2.75, 3.05) is 0 Å². The predicted molar refractivity (Wildman–Crippen MR) is 90.5 cm³/mol. The van der Waals surface area contributed by atoms with Crippen LogP contribution in [0.25, 0.3) is 23.3 Å². The first-order valence-corrected chi connectivity index (χ1v) is 7.00. The molecule has 20 heavy (non-hydrogen) atoms. The van der Waals surface area contributed by atoms with Crippen LogP contribution in [-0.4, -0.2) is 0 Å². The second-order valence-corrected chi connectivity index (χ2v) is 6.15. The van der Waals surface area contributed by atoms with Crippen LogP contribution in [0.2, 0.25) is 0 Å². The van der Waals surface area contributed by atoms with Crippen molar-refractivity contribution < 1.29 is 0 Å². The maximum absolute atomic E-state index is 3.78. The van der Waals surface area contributed by atoms with Gasteiger partial charge in [0.25, 0.3) is 0 Å². The van der Waals surface area contributed by atoms with E-state index in [2.05, 4.69) is 88.0 Å². The smallest absolute Gasteiger partial charge is 0.0184 e. The first-order chi connectivity index (χ1) is 9.48. The van der Waals surface area contributed by atoms with Crippen molar-refractivity contribution in [2.24, 2.45) is 5.41 Å². The number of benzene rings is 2. The van der Waals surface area contributed by atoms with Gasteiger partial charge in [0, 0.05) is 0 Å². The third-order valence-corrected chi connectivity index (χ3v) is 3.17. The first kappa shape index (κ1) is 14.3. The summed E-state index contributed by atoms with van der Waals surface area (Å²) in [5, 5.41) is 0. The van der Waals surface area contributed by atoms with E-state index < -0.39 is 0 Å². The molecule has 0 nitrogen and oxygen atoms in total. The molecule has 0 aliphatic carbocycles. The Morgan fingerprint density at radius 3 is 1.60 bits per heavy atom. The Morgan fingerprint density at radius 1 is 0.750 bits per heavy atom. The van der Waals surface area contributed by atoms with Crippen molar-refractivity contribution in [3.05, 3.63) is 72.3 Å². The van der Waals surface area contributed by atoms with E-state index in [1.54, 1.807) is 0 Å². The summed E-state index contributed by atoms with van der Waals surface area (Å²) in [5.74, 6) is 0. The fraction of sp³-hybridized carbons (Fsp3) is 0.200. The lowest BCUT2D eigenvalue weighted by molar-refractivity contribution is 0.547. The molecular weight excluding hydrogens is 240 g/mol. The van der Waals surface area contributed by atoms with Crippen LogP contribution in [0.1, 0.15) is 31.9 Å². The van der Waals surface area contributed by atoms with Crippen molar-refractivity contribution in [2.45, 2.75) is 20.8 Å². The fourth-order valence-corrected chi connectivity index (χ4v) is 1.94. The molecule has 0 aromatic heterocycles. The van der Waals surface area contributed by atoms with Gasteiger partial charge in [-0.15, -0.1) is 0 Å². The Morgan fingerprint density at radius 2 is 1.20 bits per heavy atom. The highest BCUT2D eigenvalue weighted by atomic mass is 14.1. The van der Waals surface area contributed by atoms with Crippen LogP contribution in [0.4, 0.5) is 0 Å². The third-order valence-electron chi connectivity index (χ3n) is 3.17. The molecule has 0 aliphatic heterocycles. The summed E-state index contributed by atoms with van der Waals surface area (Å²) in [6.45, 7) is 10.4. The van der Waals surface area contributed by atoms with Gasteiger partial charge >= 0.3 is 0 Å². The summed E-state index contributed by atoms with van der Waals surface area (Å²) in [6, 6.07) is 17.1. The molecule has 0 N–H and O–H groups in total. The summed E-state index contributed by atoms with van der Waals surface area (Å²) < 4.78 is 0. The molecule has 0 amide bonds. The van der Waals surface area contributed by atoms with E-state index in [0.29, 0.717) is 0 Å². The standard InChI is InChI=1S/C20H22/c1-5-16-6-10-18(11-7-16)19-12-8-17(9-13-19)14-15-20(2,3)4/h5-15H,1H2,2-4H3. The summed E-state index contributed by atoms with van der Waals surface area (Å²) >= 11 is 0. The van der Waals surface area contributed by atoms with Gasteiger partial charge in [-0.2, -0.15) is 0 Å². The largest absolute Gasteiger partial charge is 0.0985 e. The average Bonchev–Trinajstić information content (AvgIpc) is 2.45. The van der Waals surface area contributed by atoms with Gasteiger partial charge in [-0.1, -0.05) is 94.1 Å². The average molecular weight is 262 g/mol. The molecule has 0 fully saturated rings. The molecule has 0 heteroatoms. The van der Waals surface area contributed by atoms with Crippen LogP contribution >= 0.6 is 0 Å². The van der Waals surface area contributed by atoms with Crippen molar-refractivity contribution >= 4 is 12.2 Å². The quantitative estimate of drug-likeness (QED) is 0.631. The summed E-state index contributed by atoms with van der Waals surface area (Å²) in [4.78, 5) is 0. The van der Waals surface area contributed by atoms with Gasteiger partial charge in [0.05, 0.1) is 0 Å². The summed E-state index contributed by atoms with van der Waals surface area (Å²) in [5.41, 5.74) is 5.10. The molecular formula is C20H22. The maximum atomic E-state index is 3.78. The lowest BCUT2D eigenvalue weighted by Gasteiger charge is -2.11. The van der Waals surface area contributed by atoms with Crippen LogP contribution in [0.15, 0.2) is 61.2 Å². The van der Waals surface area contributed by atoms with E-state index >= 15 is 0 Å². The van der Waals surface area contributed by atoms with Crippen LogP contribution in [0, 0.1) is 5.41 Å². The van der Waals surface area contributed by atoms with Crippen LogP contribution in [0.3, 0.4) is 0 Å². The van der Waals surface area contributed by atoms with Gasteiger partial charge in [-0.25, -0.2) is 0 Å². The highest BCUT2D eigenvalue weighted by Gasteiger charge is 2.03. The van der Waals surface area contributed by atoms with Gasteiger partial charge in [0.1, 0.15) is 0 Å². The van der Waals surface area contributed by atoms with Crippen molar-refractivity contribution in [1.82, 2.24) is 0 Å². The molecule has 2 aromatic rings. The monoisotopic (exact) mass is 262 g/mol. The van der Waals surface area contributed by atoms with Gasteiger partial charge in [-0.05, 0) is 27.7 Å². The Balaban J connectivity index is 2.19. The highest BCUT2D eigenvalue weighted by Crippen LogP contribution is 2.22. The molecule has 0 aliphatic rings. The topological polar surface area (TPSA) is 0 Å². The maximum Gasteiger partial charge on any atom is -0.0184 e. The lowest BCUT2D eigenvalue weighted by Crippen LogP contribution is -1.97. The van der Waals surface area contributed by atoms with Gasteiger partial charge in [0.2, 0.25) is 0 Å². The molecule has 0 unspecified atom stereocenters. The second kappa shape index (κ2) is 5.92. The van der Waals surface area contributed by atoms with Crippen molar-refractivity contribution in [3.63, 3.8) is 0 Å². The van der Waals surface area contributed by atoms with Crippen LogP contribution < -0.4 is 0 Å². The van der Waals surface area contributed by atoms with Crippen LogP contribution in [-0.2, 0) is 0 Å². The highest BCUT2D eigenvalue weighted by molar-refractivity contribution is 5.67. The molecule has 0 heterocycles. The van der Waals surface area contributed by atoms with Gasteiger partial charge in [-0.3, -0.25) is 0 Å². The fourth-order valence-electron chi connectivity index (χ4n) is 1.94. The summed E-state index contributed by atoms with van der Waals surface area (Å²) in [6.07, 6.45) is 6.29. The number of hydrogen-bond donors (Lipinski definition) is 0. The van der Waals surface area contributed by atoms with Crippen molar-refractivity contribution in [3.8, 4) is 11.1 Å². The lowest BCUT2D eigenvalue weighted by atomic mass is 9.95. The predicted octanol–water partition coefficient (Wildman–Crippen LogP) is 6.06. The summed E-state index contributed by atoms with van der Waals surface area (Å²) in [7, 11) is 0. The SMILES string of the molecule is C=Cc1ccc(-c2ccc(C=CC(C)(C)C)cc2)cc1. The molecule has 0 radical (unpaired) electrons. The molecule has 102 valence electrons. The third kappa shape index (κ3) is 3.96. The van der Waals surface area contributed by atoms with E-state index in [1.165, 1.54) is 16.7 Å². The minimum atomic E-state index is 0.221. The second-order valence-electron chi connectivity index (χ2n) is 6.15. The van der Waals surface area contributed by atoms with Gasteiger partial charge in [0.15, 0.2) is 0 Å². The molecule has 0 spiro atoms. The molecule has 2 aromatic carbocycles. The van der Waals surface area contributed by atoms with E-state index in [1.807, 2.05) is 6.08 Å². The molecule has 2 rings (SSSR count). The Hall–Kier alpha value is -2.08. The van der Waals surface area contributed by atoms with E-state index in [4.69, 9.17) is 0 Å². The normalized spacial score (nSPS) is 11.8. The van der Waals surface area contributed by atoms with E-state index in [-0.39, 0.29) is 5.41 Å². The minimum absolute atomic E-state index is 0.221. The van der Waals surface area contributed by atoms with Crippen molar-refractivity contribution in [1.29, 1.82) is 0 Å². The zero-order valence-electron chi connectivity index (χ0n) is 12.6. The first-order valence-electron chi connectivity index (χ1n) is 7.00. The molecule has 0 bridgehead atoms. The van der Waals surface area contributed by atoms with E-state index in [9.17, 15) is 0 Å². The number of hydrogen-bond acceptors (Lipinski definition) is 0.